The van der Waals surface area contributed by atoms with Gasteiger partial charge in [0, 0.05) is 6.42 Å². The van der Waals surface area contributed by atoms with Gasteiger partial charge in [-0.3, -0.25) is 9.59 Å². The van der Waals surface area contributed by atoms with Gasteiger partial charge in [0.1, 0.15) is 6.10 Å². The van der Waals surface area contributed by atoms with Gasteiger partial charge >= 0.3 is 5.97 Å². The Kier molecular flexibility index (Phi) is 46.6. The molecule has 0 aliphatic rings. The Hall–Kier alpha value is -2.44. The fraction of sp³-hybridized carbons (Fsp3) is 0.782. The van der Waals surface area contributed by atoms with Crippen molar-refractivity contribution in [2.24, 2.45) is 0 Å². The zero-order valence-electron chi connectivity index (χ0n) is 40.3. The number of hydrogen-bond donors (Lipinski definition) is 3. The van der Waals surface area contributed by atoms with E-state index in [4.69, 9.17) is 4.74 Å². The van der Waals surface area contributed by atoms with Crippen molar-refractivity contribution in [3.05, 3.63) is 60.8 Å². The molecule has 0 radical (unpaired) electrons. The van der Waals surface area contributed by atoms with Gasteiger partial charge in [0.05, 0.1) is 25.2 Å². The van der Waals surface area contributed by atoms with Crippen molar-refractivity contribution in [3.8, 4) is 0 Å². The van der Waals surface area contributed by atoms with Crippen molar-refractivity contribution in [2.75, 3.05) is 6.61 Å². The molecule has 0 heterocycles. The van der Waals surface area contributed by atoms with Crippen LogP contribution in [0.5, 0.6) is 0 Å². The van der Waals surface area contributed by atoms with Crippen molar-refractivity contribution in [1.82, 2.24) is 5.32 Å². The second kappa shape index (κ2) is 48.6. The number of rotatable bonds is 46. The number of hydrogen-bond acceptors (Lipinski definition) is 5. The molecule has 0 fully saturated rings. The first-order valence-corrected chi connectivity index (χ1v) is 26.1. The van der Waals surface area contributed by atoms with Crippen LogP contribution in [0.2, 0.25) is 0 Å². The van der Waals surface area contributed by atoms with Gasteiger partial charge in [-0.1, -0.05) is 236 Å². The summed E-state index contributed by atoms with van der Waals surface area (Å²) in [6.07, 6.45) is 60.1. The summed E-state index contributed by atoms with van der Waals surface area (Å²) in [7, 11) is 0. The first-order chi connectivity index (χ1) is 30.0. The molecule has 0 aromatic heterocycles. The summed E-state index contributed by atoms with van der Waals surface area (Å²) in [5, 5.41) is 23.7. The van der Waals surface area contributed by atoms with E-state index in [9.17, 15) is 19.8 Å². The summed E-state index contributed by atoms with van der Waals surface area (Å²) >= 11 is 0. The van der Waals surface area contributed by atoms with Crippen molar-refractivity contribution in [2.45, 2.75) is 270 Å². The molecule has 61 heavy (non-hydrogen) atoms. The smallest absolute Gasteiger partial charge is 0.306 e. The van der Waals surface area contributed by atoms with E-state index in [-0.39, 0.29) is 24.9 Å². The predicted molar refractivity (Wildman–Crippen MR) is 264 cm³/mol. The van der Waals surface area contributed by atoms with Gasteiger partial charge in [-0.15, -0.1) is 0 Å². The topological polar surface area (TPSA) is 95.9 Å². The molecule has 6 heteroatoms. The molecule has 3 N–H and O–H groups in total. The predicted octanol–water partition coefficient (Wildman–Crippen LogP) is 15.6. The van der Waals surface area contributed by atoms with Gasteiger partial charge in [0.25, 0.3) is 0 Å². The molecule has 6 nitrogen and oxygen atoms in total. The van der Waals surface area contributed by atoms with Crippen molar-refractivity contribution < 1.29 is 24.5 Å². The van der Waals surface area contributed by atoms with Crippen LogP contribution in [-0.2, 0) is 14.3 Å². The first kappa shape index (κ1) is 58.6. The number of aliphatic hydroxyl groups excluding tert-OH is 2. The number of allylic oxidation sites excluding steroid dienone is 10. The molecule has 3 unspecified atom stereocenters. The summed E-state index contributed by atoms with van der Waals surface area (Å²) in [6.45, 7) is 6.32. The molecular weight excluding hydrogens is 755 g/mol. The fourth-order valence-electron chi connectivity index (χ4n) is 7.74. The molecule has 0 aliphatic heterocycles. The monoisotopic (exact) mass is 854 g/mol. The molecule has 0 rings (SSSR count). The van der Waals surface area contributed by atoms with Crippen LogP contribution in [0, 0.1) is 0 Å². The summed E-state index contributed by atoms with van der Waals surface area (Å²) in [5.74, 6) is -0.549. The Morgan fingerprint density at radius 3 is 1.41 bits per heavy atom. The third-order valence-corrected chi connectivity index (χ3v) is 11.7. The van der Waals surface area contributed by atoms with Crippen molar-refractivity contribution in [1.29, 1.82) is 0 Å². The largest absolute Gasteiger partial charge is 0.462 e. The zero-order valence-corrected chi connectivity index (χ0v) is 40.3. The number of nitrogens with one attached hydrogen (secondary N) is 1. The second-order valence-electron chi connectivity index (χ2n) is 17.6. The van der Waals surface area contributed by atoms with E-state index in [1.165, 1.54) is 141 Å². The maximum atomic E-state index is 13.2. The van der Waals surface area contributed by atoms with Gasteiger partial charge < -0.3 is 20.3 Å². The van der Waals surface area contributed by atoms with Crippen LogP contribution in [0.25, 0.3) is 0 Å². The summed E-state index contributed by atoms with van der Waals surface area (Å²) in [5.41, 5.74) is 0. The zero-order chi connectivity index (χ0) is 44.5. The normalized spacial score (nSPS) is 13.7. The van der Waals surface area contributed by atoms with Gasteiger partial charge in [-0.25, -0.2) is 0 Å². The standard InChI is InChI=1S/C55H99NO5/c1-4-7-10-13-16-19-22-24-26-28-30-33-36-39-42-45-48-55(60)61-51(46-43-40-37-34-31-21-18-15-12-9-6-3)49-54(59)56-52(50-57)53(58)47-44-41-38-35-32-29-27-25-23-20-17-14-11-8-5-2/h9,12,15,18,21,26,28,31,34,37,51-53,57-58H,4-8,10-11,13-14,16-17,19-20,22-25,27,29-30,32-33,35-36,38-50H2,1-3H3,(H,56,59)/b12-9+,18-15+,28-26+,31-21-,37-34-. The summed E-state index contributed by atoms with van der Waals surface area (Å²) in [6, 6.07) is -0.725. The number of aliphatic hydroxyl groups is 2. The van der Waals surface area contributed by atoms with E-state index in [1.807, 2.05) is 36.5 Å². The lowest BCUT2D eigenvalue weighted by molar-refractivity contribution is -0.151. The molecule has 1 amide bonds. The minimum Gasteiger partial charge on any atom is -0.462 e. The number of unbranched alkanes of at least 4 members (excludes halogenated alkanes) is 27. The fourth-order valence-corrected chi connectivity index (χ4v) is 7.74. The Labute approximate surface area is 378 Å². The van der Waals surface area contributed by atoms with E-state index in [0.717, 1.165) is 64.2 Å². The van der Waals surface area contributed by atoms with Crippen LogP contribution in [0.1, 0.15) is 252 Å². The van der Waals surface area contributed by atoms with Crippen LogP contribution >= 0.6 is 0 Å². The van der Waals surface area contributed by atoms with E-state index in [2.05, 4.69) is 50.4 Å². The maximum Gasteiger partial charge on any atom is 0.306 e. The average Bonchev–Trinajstić information content (AvgIpc) is 3.25. The van der Waals surface area contributed by atoms with Gasteiger partial charge in [-0.2, -0.15) is 0 Å². The minimum atomic E-state index is -0.807. The lowest BCUT2D eigenvalue weighted by Gasteiger charge is -2.24. The van der Waals surface area contributed by atoms with Crippen LogP contribution in [0.3, 0.4) is 0 Å². The van der Waals surface area contributed by atoms with Crippen LogP contribution < -0.4 is 5.32 Å². The van der Waals surface area contributed by atoms with E-state index in [1.54, 1.807) is 0 Å². The van der Waals surface area contributed by atoms with Crippen LogP contribution in [-0.4, -0.2) is 46.9 Å². The summed E-state index contributed by atoms with van der Waals surface area (Å²) in [4.78, 5) is 26.1. The molecular formula is C55H99NO5. The Morgan fingerprint density at radius 2 is 0.918 bits per heavy atom. The minimum absolute atomic E-state index is 0.0279. The number of carbonyl (C=O) groups is 2. The Balaban J connectivity index is 4.57. The number of ether oxygens (including phenoxy) is 1. The van der Waals surface area contributed by atoms with Crippen molar-refractivity contribution >= 4 is 11.9 Å². The lowest BCUT2D eigenvalue weighted by Crippen LogP contribution is -2.46. The molecule has 0 saturated heterocycles. The van der Waals surface area contributed by atoms with E-state index in [0.29, 0.717) is 19.3 Å². The maximum absolute atomic E-state index is 13.2. The first-order valence-electron chi connectivity index (χ1n) is 26.1. The molecule has 354 valence electrons. The number of carbonyl (C=O) groups excluding carboxylic acids is 2. The lowest BCUT2D eigenvalue weighted by atomic mass is 10.0. The highest BCUT2D eigenvalue weighted by Gasteiger charge is 2.24. The molecule has 0 spiro atoms. The average molecular weight is 854 g/mol. The highest BCUT2D eigenvalue weighted by atomic mass is 16.5. The van der Waals surface area contributed by atoms with Gasteiger partial charge in [-0.05, 0) is 64.2 Å². The highest BCUT2D eigenvalue weighted by molar-refractivity contribution is 5.77. The van der Waals surface area contributed by atoms with E-state index >= 15 is 0 Å². The van der Waals surface area contributed by atoms with E-state index < -0.39 is 18.2 Å². The van der Waals surface area contributed by atoms with Gasteiger partial charge in [0.2, 0.25) is 5.91 Å². The van der Waals surface area contributed by atoms with Gasteiger partial charge in [0.15, 0.2) is 0 Å². The molecule has 3 atom stereocenters. The summed E-state index contributed by atoms with van der Waals surface area (Å²) < 4.78 is 5.89. The quantitative estimate of drug-likeness (QED) is 0.0245. The molecule has 0 aromatic carbocycles. The highest BCUT2D eigenvalue weighted by Crippen LogP contribution is 2.17. The number of esters is 1. The third kappa shape index (κ3) is 44.0. The Bertz CT molecular complexity index is 1090. The van der Waals surface area contributed by atoms with Crippen LogP contribution in [0.4, 0.5) is 0 Å². The molecule has 0 aromatic rings. The van der Waals surface area contributed by atoms with Crippen LogP contribution in [0.15, 0.2) is 60.8 Å². The molecule has 0 bridgehead atoms. The SMILES string of the molecule is CC/C=C/C=C/C=C\C=C/CCCC(CC(=O)NC(CO)C(O)CCCCCCCCCCCCCCCCC)OC(=O)CCCCCCC/C=C/CCCCCCCCC. The number of amides is 1. The third-order valence-electron chi connectivity index (χ3n) is 11.7. The molecule has 0 saturated carbocycles. The molecule has 0 aliphatic carbocycles. The Morgan fingerprint density at radius 1 is 0.492 bits per heavy atom. The van der Waals surface area contributed by atoms with Crippen molar-refractivity contribution in [3.63, 3.8) is 0 Å². The second-order valence-corrected chi connectivity index (χ2v) is 17.6.